The number of hydrogen-bond donors (Lipinski definition) is 1. The fraction of sp³-hybridized carbons (Fsp3) is 0.500. The molecule has 2 aromatic heterocycles. The van der Waals surface area contributed by atoms with Gasteiger partial charge < -0.3 is 14.9 Å². The van der Waals surface area contributed by atoms with Gasteiger partial charge in [0.05, 0.1) is 6.42 Å². The summed E-state index contributed by atoms with van der Waals surface area (Å²) < 4.78 is 31.7. The number of hydrogen-bond acceptors (Lipinski definition) is 6. The Balaban J connectivity index is 0.000000383. The van der Waals surface area contributed by atoms with E-state index in [4.69, 9.17) is 9.90 Å². The van der Waals surface area contributed by atoms with Crippen molar-refractivity contribution < 1.29 is 27.9 Å². The number of halogens is 3. The summed E-state index contributed by atoms with van der Waals surface area (Å²) in [5.41, 5.74) is 2.34. The van der Waals surface area contributed by atoms with Crippen LogP contribution in [0.2, 0.25) is 0 Å². The first-order chi connectivity index (χ1) is 15.6. The number of likely N-dealkylation sites (tertiary alicyclic amines) is 1. The number of anilines is 1. The van der Waals surface area contributed by atoms with E-state index in [1.165, 1.54) is 0 Å². The maximum Gasteiger partial charge on any atom is 0.490 e. The van der Waals surface area contributed by atoms with E-state index in [-0.39, 0.29) is 11.3 Å². The second-order valence-corrected chi connectivity index (χ2v) is 8.45. The third-order valence-corrected chi connectivity index (χ3v) is 5.99. The largest absolute Gasteiger partial charge is 0.490 e. The van der Waals surface area contributed by atoms with Crippen LogP contribution in [0.15, 0.2) is 36.9 Å². The van der Waals surface area contributed by atoms with E-state index >= 15 is 0 Å². The molecule has 0 radical (unpaired) electrons. The first-order valence-electron chi connectivity index (χ1n) is 10.6. The van der Waals surface area contributed by atoms with Crippen molar-refractivity contribution in [3.05, 3.63) is 48.0 Å². The summed E-state index contributed by atoms with van der Waals surface area (Å²) in [7, 11) is 0. The molecule has 4 rings (SSSR count). The molecule has 178 valence electrons. The molecular formula is C22H26F3N5O3. The van der Waals surface area contributed by atoms with E-state index < -0.39 is 12.1 Å². The van der Waals surface area contributed by atoms with Gasteiger partial charge in [-0.05, 0) is 48.8 Å². The summed E-state index contributed by atoms with van der Waals surface area (Å²) in [5.74, 6) is -1.71. The van der Waals surface area contributed by atoms with Gasteiger partial charge in [0.1, 0.15) is 0 Å². The number of carboxylic acid groups (broad SMARTS) is 1. The quantitative estimate of drug-likeness (QED) is 0.744. The van der Waals surface area contributed by atoms with Crippen molar-refractivity contribution in [1.82, 2.24) is 19.9 Å². The van der Waals surface area contributed by atoms with Crippen molar-refractivity contribution in [2.45, 2.75) is 38.8 Å². The highest BCUT2D eigenvalue weighted by molar-refractivity contribution is 5.79. The first kappa shape index (κ1) is 24.4. The van der Waals surface area contributed by atoms with Crippen LogP contribution in [-0.4, -0.2) is 69.2 Å². The van der Waals surface area contributed by atoms with Gasteiger partial charge >= 0.3 is 12.1 Å². The maximum atomic E-state index is 12.6. The molecule has 2 fully saturated rings. The topological polar surface area (TPSA) is 99.5 Å². The van der Waals surface area contributed by atoms with Crippen LogP contribution >= 0.6 is 0 Å². The number of amides is 1. The normalized spacial score (nSPS) is 17.5. The molecule has 11 heteroatoms. The van der Waals surface area contributed by atoms with Crippen LogP contribution in [0.5, 0.6) is 0 Å². The summed E-state index contributed by atoms with van der Waals surface area (Å²) in [6.07, 6.45) is 5.94. The third kappa shape index (κ3) is 6.62. The Morgan fingerprint density at radius 1 is 1.09 bits per heavy atom. The van der Waals surface area contributed by atoms with Crippen LogP contribution in [-0.2, 0) is 16.0 Å². The second kappa shape index (κ2) is 10.1. The van der Waals surface area contributed by atoms with Crippen LogP contribution < -0.4 is 4.90 Å². The predicted octanol–water partition coefficient (Wildman–Crippen LogP) is 2.87. The lowest BCUT2D eigenvalue weighted by Gasteiger charge is -2.39. The van der Waals surface area contributed by atoms with Gasteiger partial charge in [0.2, 0.25) is 11.9 Å². The fourth-order valence-corrected chi connectivity index (χ4v) is 4.08. The summed E-state index contributed by atoms with van der Waals surface area (Å²) >= 11 is 0. The van der Waals surface area contributed by atoms with E-state index in [9.17, 15) is 18.0 Å². The smallest absolute Gasteiger partial charge is 0.475 e. The molecule has 33 heavy (non-hydrogen) atoms. The molecular weight excluding hydrogens is 439 g/mol. The number of carbonyl (C=O) groups is 2. The number of alkyl halides is 3. The van der Waals surface area contributed by atoms with E-state index in [1.54, 1.807) is 12.4 Å². The summed E-state index contributed by atoms with van der Waals surface area (Å²) in [4.78, 5) is 38.8. The van der Waals surface area contributed by atoms with Crippen LogP contribution in [0, 0.1) is 12.3 Å². The molecule has 1 amide bonds. The number of piperidine rings is 1. The highest BCUT2D eigenvalue weighted by Gasteiger charge is 2.42. The van der Waals surface area contributed by atoms with Crippen LogP contribution in [0.1, 0.15) is 30.4 Å². The minimum atomic E-state index is -5.08. The molecule has 1 spiro atoms. The number of aryl methyl sites for hydroxylation is 1. The van der Waals surface area contributed by atoms with E-state index in [0.717, 1.165) is 62.5 Å². The van der Waals surface area contributed by atoms with Crippen molar-refractivity contribution in [1.29, 1.82) is 0 Å². The van der Waals surface area contributed by atoms with Gasteiger partial charge in [0.15, 0.2) is 0 Å². The molecule has 0 aliphatic carbocycles. The molecule has 2 aliphatic rings. The van der Waals surface area contributed by atoms with E-state index in [0.29, 0.717) is 6.42 Å². The maximum absolute atomic E-state index is 12.6. The first-order valence-corrected chi connectivity index (χ1v) is 10.6. The van der Waals surface area contributed by atoms with E-state index in [1.807, 2.05) is 36.4 Å². The lowest BCUT2D eigenvalue weighted by atomic mass is 9.78. The molecule has 2 aromatic rings. The predicted molar refractivity (Wildman–Crippen MR) is 113 cm³/mol. The number of rotatable bonds is 3. The second-order valence-electron chi connectivity index (χ2n) is 8.45. The standard InChI is InChI=1S/C20H25N5O.C2HF3O2/c1-16-12-22-19(23-13-16)24-8-4-20(5-9-24)6-10-25(15-20)18(26)11-17-3-2-7-21-14-17;3-2(4,5)1(6)7/h2-3,7,12-14H,4-6,8-11,15H2,1H3;(H,6,7). The molecule has 2 saturated heterocycles. The average molecular weight is 465 g/mol. The molecule has 2 aliphatic heterocycles. The number of carboxylic acids is 1. The lowest BCUT2D eigenvalue weighted by molar-refractivity contribution is -0.192. The Bertz CT molecular complexity index is 946. The molecule has 0 bridgehead atoms. The van der Waals surface area contributed by atoms with Gasteiger partial charge in [-0.1, -0.05) is 6.07 Å². The number of pyridine rings is 1. The molecule has 1 N–H and O–H groups in total. The van der Waals surface area contributed by atoms with Crippen molar-refractivity contribution in [2.75, 3.05) is 31.1 Å². The molecule has 0 saturated carbocycles. The van der Waals surface area contributed by atoms with Gasteiger partial charge in [-0.25, -0.2) is 14.8 Å². The van der Waals surface area contributed by atoms with Crippen LogP contribution in [0.3, 0.4) is 0 Å². The lowest BCUT2D eigenvalue weighted by Crippen LogP contribution is -2.43. The Labute approximate surface area is 189 Å². The van der Waals surface area contributed by atoms with Gasteiger partial charge in [0, 0.05) is 51.0 Å². The minimum absolute atomic E-state index is 0.221. The van der Waals surface area contributed by atoms with Gasteiger partial charge in [-0.15, -0.1) is 0 Å². The molecule has 8 nitrogen and oxygen atoms in total. The summed E-state index contributed by atoms with van der Waals surface area (Å²) in [6.45, 7) is 5.70. The minimum Gasteiger partial charge on any atom is -0.475 e. The molecule has 0 aromatic carbocycles. The number of carbonyl (C=O) groups excluding carboxylic acids is 1. The Morgan fingerprint density at radius 3 is 2.24 bits per heavy atom. The Hall–Kier alpha value is -3.24. The third-order valence-electron chi connectivity index (χ3n) is 5.99. The average Bonchev–Trinajstić information content (AvgIpc) is 3.19. The van der Waals surface area contributed by atoms with Crippen molar-refractivity contribution in [3.8, 4) is 0 Å². The number of aromatic nitrogens is 3. The van der Waals surface area contributed by atoms with Crippen molar-refractivity contribution in [2.24, 2.45) is 5.41 Å². The number of nitrogens with zero attached hydrogens (tertiary/aromatic N) is 5. The fourth-order valence-electron chi connectivity index (χ4n) is 4.08. The SMILES string of the molecule is Cc1cnc(N2CCC3(CCN(C(=O)Cc4cccnc4)C3)CC2)nc1.O=C(O)C(F)(F)F. The Morgan fingerprint density at radius 2 is 1.70 bits per heavy atom. The monoisotopic (exact) mass is 465 g/mol. The Kier molecular flexibility index (Phi) is 7.50. The molecule has 0 atom stereocenters. The van der Waals surface area contributed by atoms with E-state index in [2.05, 4.69) is 19.9 Å². The zero-order chi connectivity index (χ0) is 24.1. The van der Waals surface area contributed by atoms with Crippen molar-refractivity contribution in [3.63, 3.8) is 0 Å². The molecule has 0 unspecified atom stereocenters. The van der Waals surface area contributed by atoms with Crippen LogP contribution in [0.4, 0.5) is 19.1 Å². The van der Waals surface area contributed by atoms with Crippen LogP contribution in [0.25, 0.3) is 0 Å². The summed E-state index contributed by atoms with van der Waals surface area (Å²) in [6, 6.07) is 3.85. The molecule has 4 heterocycles. The van der Waals surface area contributed by atoms with Gasteiger partial charge in [0.25, 0.3) is 0 Å². The zero-order valence-electron chi connectivity index (χ0n) is 18.3. The number of aliphatic carboxylic acids is 1. The van der Waals surface area contributed by atoms with Gasteiger partial charge in [-0.3, -0.25) is 9.78 Å². The van der Waals surface area contributed by atoms with Crippen molar-refractivity contribution >= 4 is 17.8 Å². The highest BCUT2D eigenvalue weighted by atomic mass is 19.4. The highest BCUT2D eigenvalue weighted by Crippen LogP contribution is 2.41. The summed E-state index contributed by atoms with van der Waals surface area (Å²) in [5, 5.41) is 7.12. The van der Waals surface area contributed by atoms with Gasteiger partial charge in [-0.2, -0.15) is 13.2 Å². The zero-order valence-corrected chi connectivity index (χ0v) is 18.3.